The monoisotopic (exact) mass is 371 g/mol. The van der Waals surface area contributed by atoms with Crippen molar-refractivity contribution in [2.75, 3.05) is 19.4 Å². The second-order valence-electron chi connectivity index (χ2n) is 5.29. The molecule has 0 radical (unpaired) electrons. The van der Waals surface area contributed by atoms with E-state index in [1.165, 1.54) is 19.2 Å². The van der Waals surface area contributed by atoms with E-state index in [9.17, 15) is 14.4 Å². The number of hydrogen-bond donors (Lipinski definition) is 3. The minimum atomic E-state index is -0.396. The van der Waals surface area contributed by atoms with Crippen molar-refractivity contribution in [1.82, 2.24) is 10.6 Å². The van der Waals surface area contributed by atoms with Crippen molar-refractivity contribution in [3.05, 3.63) is 70.3 Å². The lowest BCUT2D eigenvalue weighted by Gasteiger charge is -2.09. The van der Waals surface area contributed by atoms with Crippen molar-refractivity contribution in [2.24, 2.45) is 0 Å². The maximum absolute atomic E-state index is 12.1. The summed E-state index contributed by atoms with van der Waals surface area (Å²) < 4.78 is 0. The van der Waals surface area contributed by atoms with E-state index in [-0.39, 0.29) is 17.4 Å². The fourth-order valence-corrected chi connectivity index (χ4v) is 2.36. The van der Waals surface area contributed by atoms with E-state index in [1.807, 2.05) is 0 Å². The highest BCUT2D eigenvalue weighted by atomic mass is 35.5. The molecule has 0 fully saturated rings. The van der Waals surface area contributed by atoms with Crippen molar-refractivity contribution in [3.8, 4) is 0 Å². The van der Waals surface area contributed by atoms with Gasteiger partial charge in [-0.2, -0.15) is 0 Å². The van der Waals surface area contributed by atoms with Crippen LogP contribution in [0.1, 0.15) is 26.3 Å². The second kappa shape index (κ2) is 8.82. The van der Waals surface area contributed by atoms with Crippen LogP contribution in [0.15, 0.2) is 48.5 Å². The first-order valence-corrected chi connectivity index (χ1v) is 8.15. The normalized spacial score (nSPS) is 10.4. The van der Waals surface area contributed by atoms with Gasteiger partial charge in [0.05, 0.1) is 11.3 Å². The lowest BCUT2D eigenvalue weighted by molar-refractivity contribution is -0.111. The van der Waals surface area contributed by atoms with Crippen molar-refractivity contribution in [1.29, 1.82) is 0 Å². The molecule has 0 spiro atoms. The van der Waals surface area contributed by atoms with Crippen molar-refractivity contribution in [3.63, 3.8) is 0 Å². The molecular formula is C19H18ClN3O3. The Morgan fingerprint density at radius 2 is 1.58 bits per heavy atom. The van der Waals surface area contributed by atoms with Crippen LogP contribution in [-0.4, -0.2) is 31.8 Å². The molecule has 6 nitrogen and oxygen atoms in total. The maximum Gasteiger partial charge on any atom is 0.253 e. The van der Waals surface area contributed by atoms with E-state index < -0.39 is 5.91 Å². The lowest BCUT2D eigenvalue weighted by Crippen LogP contribution is -2.20. The summed E-state index contributed by atoms with van der Waals surface area (Å²) in [5.41, 5.74) is 1.93. The summed E-state index contributed by atoms with van der Waals surface area (Å²) >= 11 is 5.91. The van der Waals surface area contributed by atoms with E-state index >= 15 is 0 Å². The Labute approximate surface area is 156 Å². The van der Waals surface area contributed by atoms with Gasteiger partial charge in [0, 0.05) is 30.8 Å². The van der Waals surface area contributed by atoms with Gasteiger partial charge in [0.25, 0.3) is 11.8 Å². The Morgan fingerprint density at radius 1 is 0.923 bits per heavy atom. The molecule has 3 N–H and O–H groups in total. The van der Waals surface area contributed by atoms with Gasteiger partial charge < -0.3 is 16.0 Å². The fraction of sp³-hybridized carbons (Fsp3) is 0.105. The SMILES string of the molecule is CNC(=O)c1ccc(/C=C/C(=O)Nc2ccc(Cl)cc2C(=O)NC)cc1. The van der Waals surface area contributed by atoms with Gasteiger partial charge in [-0.05, 0) is 42.0 Å². The van der Waals surface area contributed by atoms with Gasteiger partial charge in [-0.1, -0.05) is 23.7 Å². The van der Waals surface area contributed by atoms with Crippen LogP contribution in [0.2, 0.25) is 5.02 Å². The predicted octanol–water partition coefficient (Wildman–Crippen LogP) is 2.71. The van der Waals surface area contributed by atoms with Crippen LogP contribution in [0.3, 0.4) is 0 Å². The molecule has 0 saturated carbocycles. The third-order valence-corrected chi connectivity index (χ3v) is 3.77. The second-order valence-corrected chi connectivity index (χ2v) is 5.73. The Kier molecular flexibility index (Phi) is 6.52. The number of amides is 3. The lowest BCUT2D eigenvalue weighted by atomic mass is 10.1. The minimum Gasteiger partial charge on any atom is -0.355 e. The smallest absolute Gasteiger partial charge is 0.253 e. The van der Waals surface area contributed by atoms with Crippen LogP contribution >= 0.6 is 11.6 Å². The minimum absolute atomic E-state index is 0.178. The number of carbonyl (C=O) groups is 3. The van der Waals surface area contributed by atoms with Crippen LogP contribution in [0.5, 0.6) is 0 Å². The number of halogens is 1. The molecule has 0 heterocycles. The topological polar surface area (TPSA) is 87.3 Å². The van der Waals surface area contributed by atoms with Gasteiger partial charge in [0.15, 0.2) is 0 Å². The molecule has 2 rings (SSSR count). The average Bonchev–Trinajstić information content (AvgIpc) is 2.66. The summed E-state index contributed by atoms with van der Waals surface area (Å²) in [7, 11) is 3.06. The van der Waals surface area contributed by atoms with Crippen molar-refractivity contribution < 1.29 is 14.4 Å². The summed E-state index contributed by atoms with van der Waals surface area (Å²) in [4.78, 5) is 35.5. The molecule has 2 aromatic carbocycles. The van der Waals surface area contributed by atoms with Gasteiger partial charge in [-0.3, -0.25) is 14.4 Å². The Bertz CT molecular complexity index is 861. The van der Waals surface area contributed by atoms with Crippen LogP contribution in [-0.2, 0) is 4.79 Å². The summed E-state index contributed by atoms with van der Waals surface area (Å²) in [6, 6.07) is 11.4. The summed E-state index contributed by atoms with van der Waals surface area (Å²) in [6.45, 7) is 0. The first-order valence-electron chi connectivity index (χ1n) is 7.77. The molecule has 0 aromatic heterocycles. The highest BCUT2D eigenvalue weighted by Crippen LogP contribution is 2.21. The van der Waals surface area contributed by atoms with E-state index in [2.05, 4.69) is 16.0 Å². The van der Waals surface area contributed by atoms with Crippen molar-refractivity contribution in [2.45, 2.75) is 0 Å². The number of nitrogens with one attached hydrogen (secondary N) is 3. The molecule has 0 aliphatic heterocycles. The Balaban J connectivity index is 2.10. The third kappa shape index (κ3) is 4.94. The van der Waals surface area contributed by atoms with Crippen LogP contribution in [0.4, 0.5) is 5.69 Å². The predicted molar refractivity (Wildman–Crippen MR) is 102 cm³/mol. The van der Waals surface area contributed by atoms with E-state index in [1.54, 1.807) is 49.5 Å². The number of carbonyl (C=O) groups excluding carboxylic acids is 3. The zero-order valence-electron chi connectivity index (χ0n) is 14.3. The number of rotatable bonds is 5. The maximum atomic E-state index is 12.1. The number of hydrogen-bond acceptors (Lipinski definition) is 3. The molecule has 0 unspecified atom stereocenters. The highest BCUT2D eigenvalue weighted by molar-refractivity contribution is 6.31. The summed E-state index contributed by atoms with van der Waals surface area (Å²) in [6.07, 6.45) is 2.95. The van der Waals surface area contributed by atoms with Crippen molar-refractivity contribution >= 4 is 41.1 Å². The first kappa shape index (κ1) is 19.2. The number of benzene rings is 2. The molecule has 0 aliphatic carbocycles. The Morgan fingerprint density at radius 3 is 2.19 bits per heavy atom. The molecule has 7 heteroatoms. The van der Waals surface area contributed by atoms with Gasteiger partial charge in [-0.25, -0.2) is 0 Å². The third-order valence-electron chi connectivity index (χ3n) is 3.54. The molecule has 134 valence electrons. The van der Waals surface area contributed by atoms with Crippen LogP contribution in [0, 0.1) is 0 Å². The van der Waals surface area contributed by atoms with Crippen LogP contribution in [0.25, 0.3) is 6.08 Å². The van der Waals surface area contributed by atoms with Gasteiger partial charge >= 0.3 is 0 Å². The molecule has 0 bridgehead atoms. The molecule has 0 saturated heterocycles. The zero-order valence-corrected chi connectivity index (χ0v) is 15.1. The van der Waals surface area contributed by atoms with E-state index in [4.69, 9.17) is 11.6 Å². The zero-order chi connectivity index (χ0) is 19.1. The molecular weight excluding hydrogens is 354 g/mol. The fourth-order valence-electron chi connectivity index (χ4n) is 2.18. The summed E-state index contributed by atoms with van der Waals surface area (Å²) in [5, 5.41) is 8.09. The Hall–Kier alpha value is -3.12. The molecule has 26 heavy (non-hydrogen) atoms. The largest absolute Gasteiger partial charge is 0.355 e. The highest BCUT2D eigenvalue weighted by Gasteiger charge is 2.12. The average molecular weight is 372 g/mol. The molecule has 0 atom stereocenters. The first-order chi connectivity index (χ1) is 12.4. The molecule has 0 aliphatic rings. The summed E-state index contributed by atoms with van der Waals surface area (Å²) in [5.74, 6) is -0.924. The van der Waals surface area contributed by atoms with Gasteiger partial charge in [0.2, 0.25) is 5.91 Å². The number of anilines is 1. The van der Waals surface area contributed by atoms with E-state index in [0.29, 0.717) is 16.3 Å². The van der Waals surface area contributed by atoms with Crippen LogP contribution < -0.4 is 16.0 Å². The quantitative estimate of drug-likeness (QED) is 0.706. The van der Waals surface area contributed by atoms with E-state index in [0.717, 1.165) is 5.56 Å². The standard InChI is InChI=1S/C19H18ClN3O3/c1-21-18(25)13-6-3-12(4-7-13)5-10-17(24)23-16-9-8-14(20)11-15(16)19(26)22-2/h3-11H,1-2H3,(H,21,25)(H,22,26)(H,23,24)/b10-5+. The van der Waals surface area contributed by atoms with Gasteiger partial charge in [-0.15, -0.1) is 0 Å². The van der Waals surface area contributed by atoms with Gasteiger partial charge in [0.1, 0.15) is 0 Å². The molecule has 2 aromatic rings. The molecule has 3 amide bonds.